The van der Waals surface area contributed by atoms with E-state index in [-0.39, 0.29) is 18.5 Å². The SMILES string of the molecule is CCCCCCC(=O)Nc1cccc([C@H]2NC(=O)N(C)C(C)=C2C(=O)OCC)c1. The second kappa shape index (κ2) is 10.6. The Morgan fingerprint density at radius 2 is 1.97 bits per heavy atom. The molecule has 1 aromatic carbocycles. The minimum Gasteiger partial charge on any atom is -0.463 e. The van der Waals surface area contributed by atoms with Gasteiger partial charge in [-0.3, -0.25) is 4.79 Å². The zero-order valence-electron chi connectivity index (χ0n) is 17.7. The van der Waals surface area contributed by atoms with Gasteiger partial charge in [-0.25, -0.2) is 9.59 Å². The smallest absolute Gasteiger partial charge is 0.338 e. The third kappa shape index (κ3) is 5.82. The van der Waals surface area contributed by atoms with Gasteiger partial charge in [0, 0.05) is 24.9 Å². The molecule has 1 aliphatic heterocycles. The normalized spacial score (nSPS) is 16.5. The number of urea groups is 1. The van der Waals surface area contributed by atoms with E-state index in [9.17, 15) is 14.4 Å². The van der Waals surface area contributed by atoms with Gasteiger partial charge in [-0.05, 0) is 38.0 Å². The summed E-state index contributed by atoms with van der Waals surface area (Å²) < 4.78 is 5.20. The first kappa shape index (κ1) is 22.5. The number of carbonyl (C=O) groups is 3. The standard InChI is InChI=1S/C22H31N3O4/c1-5-7-8-9-13-18(26)23-17-12-10-11-16(14-17)20-19(21(27)29-6-2)15(3)25(4)22(28)24-20/h10-12,14,20H,5-9,13H2,1-4H3,(H,23,26)(H,24,28)/t20-/m1/s1. The first-order chi connectivity index (χ1) is 13.9. The van der Waals surface area contributed by atoms with Crippen molar-refractivity contribution in [3.8, 4) is 0 Å². The fourth-order valence-electron chi connectivity index (χ4n) is 3.29. The van der Waals surface area contributed by atoms with Crippen molar-refractivity contribution in [3.63, 3.8) is 0 Å². The molecule has 0 saturated heterocycles. The molecule has 0 saturated carbocycles. The number of nitrogens with one attached hydrogen (secondary N) is 2. The van der Waals surface area contributed by atoms with Crippen LogP contribution in [0.15, 0.2) is 35.5 Å². The van der Waals surface area contributed by atoms with E-state index in [4.69, 9.17) is 4.74 Å². The molecule has 0 unspecified atom stereocenters. The van der Waals surface area contributed by atoms with Crippen LogP contribution in [-0.2, 0) is 14.3 Å². The number of benzene rings is 1. The number of carbonyl (C=O) groups excluding carboxylic acids is 3. The number of esters is 1. The molecule has 158 valence electrons. The van der Waals surface area contributed by atoms with Gasteiger partial charge in [-0.15, -0.1) is 0 Å². The van der Waals surface area contributed by atoms with Crippen LogP contribution in [0.2, 0.25) is 0 Å². The van der Waals surface area contributed by atoms with E-state index in [1.165, 1.54) is 4.90 Å². The molecule has 2 rings (SSSR count). The van der Waals surface area contributed by atoms with Crippen LogP contribution in [-0.4, -0.2) is 36.5 Å². The van der Waals surface area contributed by atoms with Gasteiger partial charge in [0.2, 0.25) is 5.91 Å². The number of hydrogen-bond acceptors (Lipinski definition) is 4. The van der Waals surface area contributed by atoms with Crippen LogP contribution in [0.3, 0.4) is 0 Å². The second-order valence-corrected chi connectivity index (χ2v) is 7.15. The van der Waals surface area contributed by atoms with Gasteiger partial charge >= 0.3 is 12.0 Å². The molecule has 0 radical (unpaired) electrons. The molecule has 0 spiro atoms. The van der Waals surface area contributed by atoms with Crippen molar-refractivity contribution in [2.45, 2.75) is 58.9 Å². The number of ether oxygens (including phenoxy) is 1. The van der Waals surface area contributed by atoms with Gasteiger partial charge in [-0.1, -0.05) is 38.3 Å². The summed E-state index contributed by atoms with van der Waals surface area (Å²) in [5, 5.41) is 5.75. The molecule has 0 aromatic heterocycles. The Kier molecular flexibility index (Phi) is 8.24. The van der Waals surface area contributed by atoms with E-state index in [0.717, 1.165) is 25.7 Å². The Balaban J connectivity index is 2.21. The number of hydrogen-bond donors (Lipinski definition) is 2. The highest BCUT2D eigenvalue weighted by Crippen LogP contribution is 2.31. The Bertz CT molecular complexity index is 788. The van der Waals surface area contributed by atoms with E-state index >= 15 is 0 Å². The van der Waals surface area contributed by atoms with Crippen molar-refractivity contribution in [1.82, 2.24) is 10.2 Å². The van der Waals surface area contributed by atoms with Gasteiger partial charge in [0.05, 0.1) is 18.2 Å². The molecule has 1 aromatic rings. The van der Waals surface area contributed by atoms with Crippen molar-refractivity contribution in [2.24, 2.45) is 0 Å². The lowest BCUT2D eigenvalue weighted by Crippen LogP contribution is -2.46. The lowest BCUT2D eigenvalue weighted by atomic mass is 9.94. The molecule has 1 atom stereocenters. The van der Waals surface area contributed by atoms with Gasteiger partial charge in [0.15, 0.2) is 0 Å². The van der Waals surface area contributed by atoms with E-state index in [1.54, 1.807) is 39.1 Å². The molecule has 29 heavy (non-hydrogen) atoms. The van der Waals surface area contributed by atoms with Crippen LogP contribution in [0.4, 0.5) is 10.5 Å². The topological polar surface area (TPSA) is 87.7 Å². The summed E-state index contributed by atoms with van der Waals surface area (Å²) in [6.07, 6.45) is 4.63. The van der Waals surface area contributed by atoms with Gasteiger partial charge in [0.1, 0.15) is 0 Å². The number of unbranched alkanes of at least 4 members (excludes halogenated alkanes) is 3. The molecule has 1 aliphatic rings. The molecule has 7 nitrogen and oxygen atoms in total. The summed E-state index contributed by atoms with van der Waals surface area (Å²) >= 11 is 0. The summed E-state index contributed by atoms with van der Waals surface area (Å²) in [4.78, 5) is 38.4. The average Bonchev–Trinajstić information content (AvgIpc) is 2.69. The van der Waals surface area contributed by atoms with E-state index < -0.39 is 12.0 Å². The summed E-state index contributed by atoms with van der Waals surface area (Å²) in [5.74, 6) is -0.504. The minimum atomic E-state index is -0.640. The van der Waals surface area contributed by atoms with Crippen molar-refractivity contribution in [3.05, 3.63) is 41.1 Å². The van der Waals surface area contributed by atoms with E-state index in [0.29, 0.717) is 28.9 Å². The van der Waals surface area contributed by atoms with Crippen LogP contribution >= 0.6 is 0 Å². The van der Waals surface area contributed by atoms with E-state index in [2.05, 4.69) is 17.6 Å². The Labute approximate surface area is 172 Å². The summed E-state index contributed by atoms with van der Waals surface area (Å²) in [5.41, 5.74) is 2.27. The van der Waals surface area contributed by atoms with Crippen LogP contribution in [0.5, 0.6) is 0 Å². The quantitative estimate of drug-likeness (QED) is 0.481. The summed E-state index contributed by atoms with van der Waals surface area (Å²) in [6.45, 7) is 5.84. The third-order valence-electron chi connectivity index (χ3n) is 5.01. The monoisotopic (exact) mass is 401 g/mol. The number of anilines is 1. The maximum atomic E-state index is 12.6. The third-order valence-corrected chi connectivity index (χ3v) is 5.01. The maximum absolute atomic E-state index is 12.6. The molecule has 7 heteroatoms. The second-order valence-electron chi connectivity index (χ2n) is 7.15. The molecule has 1 heterocycles. The Morgan fingerprint density at radius 1 is 1.21 bits per heavy atom. The highest BCUT2D eigenvalue weighted by Gasteiger charge is 2.35. The molecule has 0 fully saturated rings. The van der Waals surface area contributed by atoms with Gasteiger partial charge < -0.3 is 20.3 Å². The van der Waals surface area contributed by atoms with Crippen molar-refractivity contribution >= 4 is 23.6 Å². The zero-order chi connectivity index (χ0) is 21.4. The summed E-state index contributed by atoms with van der Waals surface area (Å²) in [6, 6.07) is 6.26. The molecule has 0 aliphatic carbocycles. The van der Waals surface area contributed by atoms with Gasteiger partial charge in [0.25, 0.3) is 0 Å². The predicted molar refractivity (Wildman–Crippen MR) is 112 cm³/mol. The molecule has 0 bridgehead atoms. The summed E-state index contributed by atoms with van der Waals surface area (Å²) in [7, 11) is 1.61. The largest absolute Gasteiger partial charge is 0.463 e. The number of allylic oxidation sites excluding steroid dienone is 1. The highest BCUT2D eigenvalue weighted by atomic mass is 16.5. The van der Waals surface area contributed by atoms with Crippen molar-refractivity contribution in [1.29, 1.82) is 0 Å². The highest BCUT2D eigenvalue weighted by molar-refractivity contribution is 5.95. The minimum absolute atomic E-state index is 0.0389. The van der Waals surface area contributed by atoms with Crippen LogP contribution < -0.4 is 10.6 Å². The average molecular weight is 402 g/mol. The number of nitrogens with zero attached hydrogens (tertiary/aromatic N) is 1. The zero-order valence-corrected chi connectivity index (χ0v) is 17.7. The van der Waals surface area contributed by atoms with Gasteiger partial charge in [-0.2, -0.15) is 0 Å². The molecule has 2 N–H and O–H groups in total. The van der Waals surface area contributed by atoms with E-state index in [1.807, 2.05) is 6.07 Å². The number of amides is 3. The van der Waals surface area contributed by atoms with Crippen LogP contribution in [0, 0.1) is 0 Å². The number of rotatable bonds is 9. The predicted octanol–water partition coefficient (Wildman–Crippen LogP) is 4.13. The Hall–Kier alpha value is -2.83. The van der Waals surface area contributed by atoms with Crippen LogP contribution in [0.1, 0.15) is 64.5 Å². The Morgan fingerprint density at radius 3 is 2.66 bits per heavy atom. The first-order valence-electron chi connectivity index (χ1n) is 10.2. The maximum Gasteiger partial charge on any atom is 0.338 e. The fraction of sp³-hybridized carbons (Fsp3) is 0.500. The fourth-order valence-corrected chi connectivity index (χ4v) is 3.29. The van der Waals surface area contributed by atoms with Crippen molar-refractivity contribution in [2.75, 3.05) is 19.0 Å². The van der Waals surface area contributed by atoms with Crippen molar-refractivity contribution < 1.29 is 19.1 Å². The first-order valence-corrected chi connectivity index (χ1v) is 10.2. The molecule has 3 amide bonds. The lowest BCUT2D eigenvalue weighted by molar-refractivity contribution is -0.139. The molecular formula is C22H31N3O4. The lowest BCUT2D eigenvalue weighted by Gasteiger charge is -2.33. The van der Waals surface area contributed by atoms with Crippen LogP contribution in [0.25, 0.3) is 0 Å². The molecular weight excluding hydrogens is 370 g/mol.